The molecular formula is C20H20N4O3S2. The first-order chi connectivity index (χ1) is 14.1. The molecule has 1 fully saturated rings. The fourth-order valence-electron chi connectivity index (χ4n) is 3.29. The van der Waals surface area contributed by atoms with Crippen LogP contribution in [-0.2, 0) is 16.6 Å². The number of esters is 1. The predicted octanol–water partition coefficient (Wildman–Crippen LogP) is 3.67. The van der Waals surface area contributed by atoms with Crippen molar-refractivity contribution in [2.75, 3.05) is 18.2 Å². The van der Waals surface area contributed by atoms with Gasteiger partial charge in [-0.15, -0.1) is 21.5 Å². The molecule has 7 nitrogen and oxygen atoms in total. The topological polar surface area (TPSA) is 86.1 Å². The zero-order valence-corrected chi connectivity index (χ0v) is 17.6. The Balaban J connectivity index is 1.35. The van der Waals surface area contributed by atoms with E-state index in [-0.39, 0.29) is 11.7 Å². The molecule has 29 heavy (non-hydrogen) atoms. The van der Waals surface area contributed by atoms with Crippen molar-refractivity contribution in [3.8, 4) is 0 Å². The third-order valence-electron chi connectivity index (χ3n) is 4.87. The van der Waals surface area contributed by atoms with Gasteiger partial charge in [-0.2, -0.15) is 0 Å². The number of carbonyl (C=O) groups excluding carboxylic acids is 2. The molecule has 1 saturated carbocycles. The Bertz CT molecular complexity index is 1030. The maximum atomic E-state index is 12.3. The number of nitrogens with one attached hydrogen (secondary N) is 1. The van der Waals surface area contributed by atoms with Gasteiger partial charge >= 0.3 is 5.97 Å². The average Bonchev–Trinajstić information content (AvgIpc) is 3.25. The summed E-state index contributed by atoms with van der Waals surface area (Å²) in [4.78, 5) is 24.0. The molecule has 150 valence electrons. The molecule has 1 amide bonds. The smallest absolute Gasteiger partial charge is 0.340 e. The van der Waals surface area contributed by atoms with Crippen LogP contribution in [0.1, 0.15) is 40.0 Å². The van der Waals surface area contributed by atoms with Crippen molar-refractivity contribution in [2.24, 2.45) is 7.05 Å². The molecule has 1 aromatic carbocycles. The van der Waals surface area contributed by atoms with Gasteiger partial charge in [-0.05, 0) is 29.3 Å². The number of thioether (sulfide) groups is 1. The van der Waals surface area contributed by atoms with Crippen molar-refractivity contribution >= 4 is 40.0 Å². The predicted molar refractivity (Wildman–Crippen MR) is 113 cm³/mol. The van der Waals surface area contributed by atoms with Crippen LogP contribution in [0.3, 0.4) is 0 Å². The van der Waals surface area contributed by atoms with Gasteiger partial charge in [-0.25, -0.2) is 4.79 Å². The van der Waals surface area contributed by atoms with Gasteiger partial charge in [0, 0.05) is 13.0 Å². The van der Waals surface area contributed by atoms with E-state index in [1.165, 1.54) is 35.8 Å². The molecule has 0 bridgehead atoms. The maximum absolute atomic E-state index is 12.3. The number of anilines is 1. The van der Waals surface area contributed by atoms with E-state index in [4.69, 9.17) is 4.74 Å². The second-order valence-corrected chi connectivity index (χ2v) is 8.61. The number of thiophene rings is 1. The second kappa shape index (κ2) is 8.38. The van der Waals surface area contributed by atoms with Gasteiger partial charge in [0.05, 0.1) is 18.4 Å². The number of methoxy groups -OCH3 is 1. The van der Waals surface area contributed by atoms with E-state index in [0.29, 0.717) is 27.6 Å². The molecule has 0 aliphatic heterocycles. The Morgan fingerprint density at radius 3 is 2.79 bits per heavy atom. The first kappa shape index (κ1) is 19.7. The summed E-state index contributed by atoms with van der Waals surface area (Å²) in [5.74, 6) is 1.30. The summed E-state index contributed by atoms with van der Waals surface area (Å²) in [6, 6.07) is 12.1. The lowest BCUT2D eigenvalue weighted by atomic mass is 10.1. The quantitative estimate of drug-likeness (QED) is 0.457. The lowest BCUT2D eigenvalue weighted by Crippen LogP contribution is -2.16. The van der Waals surface area contributed by atoms with Crippen LogP contribution in [0, 0.1) is 0 Å². The Hall–Kier alpha value is -2.65. The van der Waals surface area contributed by atoms with Crippen molar-refractivity contribution in [3.05, 3.63) is 58.7 Å². The van der Waals surface area contributed by atoms with Gasteiger partial charge in [-0.1, -0.05) is 42.1 Å². The number of amides is 1. The summed E-state index contributed by atoms with van der Waals surface area (Å²) in [5.41, 5.74) is 1.68. The lowest BCUT2D eigenvalue weighted by molar-refractivity contribution is -0.113. The molecule has 0 radical (unpaired) electrons. The first-order valence-electron chi connectivity index (χ1n) is 9.11. The molecule has 0 saturated heterocycles. The summed E-state index contributed by atoms with van der Waals surface area (Å²) in [6.45, 7) is 0. The Kier molecular flexibility index (Phi) is 5.68. The minimum Gasteiger partial charge on any atom is -0.465 e. The van der Waals surface area contributed by atoms with Crippen LogP contribution in [0.4, 0.5) is 5.00 Å². The fourth-order valence-corrected chi connectivity index (χ4v) is 4.80. The van der Waals surface area contributed by atoms with Crippen LogP contribution in [0.2, 0.25) is 0 Å². The van der Waals surface area contributed by atoms with E-state index in [1.807, 2.05) is 17.7 Å². The highest BCUT2D eigenvalue weighted by Gasteiger charge is 2.42. The van der Waals surface area contributed by atoms with E-state index in [2.05, 4.69) is 39.8 Å². The molecule has 1 aliphatic carbocycles. The van der Waals surface area contributed by atoms with E-state index < -0.39 is 5.97 Å². The van der Waals surface area contributed by atoms with E-state index >= 15 is 0 Å². The summed E-state index contributed by atoms with van der Waals surface area (Å²) in [6.07, 6.45) is 1.07. The molecule has 2 unspecified atom stereocenters. The van der Waals surface area contributed by atoms with E-state index in [0.717, 1.165) is 12.2 Å². The van der Waals surface area contributed by atoms with Crippen LogP contribution >= 0.6 is 23.1 Å². The third kappa shape index (κ3) is 4.20. The normalized spacial score (nSPS) is 17.7. The number of hydrogen-bond acceptors (Lipinski definition) is 7. The van der Waals surface area contributed by atoms with Gasteiger partial charge in [-0.3, -0.25) is 4.79 Å². The highest BCUT2D eigenvalue weighted by atomic mass is 32.2. The van der Waals surface area contributed by atoms with Crippen LogP contribution < -0.4 is 5.32 Å². The number of benzene rings is 1. The summed E-state index contributed by atoms with van der Waals surface area (Å²) in [7, 11) is 3.25. The Morgan fingerprint density at radius 2 is 2.03 bits per heavy atom. The molecule has 0 spiro atoms. The fraction of sp³-hybridized carbons (Fsp3) is 0.300. The summed E-state index contributed by atoms with van der Waals surface area (Å²) < 4.78 is 6.69. The van der Waals surface area contributed by atoms with Gasteiger partial charge in [0.15, 0.2) is 5.16 Å². The number of carbonyl (C=O) groups is 2. The molecule has 9 heteroatoms. The molecule has 1 aliphatic rings. The van der Waals surface area contributed by atoms with E-state index in [9.17, 15) is 9.59 Å². The highest BCUT2D eigenvalue weighted by molar-refractivity contribution is 7.99. The Morgan fingerprint density at radius 1 is 1.24 bits per heavy atom. The van der Waals surface area contributed by atoms with Crippen molar-refractivity contribution in [1.29, 1.82) is 0 Å². The summed E-state index contributed by atoms with van der Waals surface area (Å²) >= 11 is 2.61. The second-order valence-electron chi connectivity index (χ2n) is 6.75. The van der Waals surface area contributed by atoms with Gasteiger partial charge in [0.2, 0.25) is 5.91 Å². The van der Waals surface area contributed by atoms with Crippen LogP contribution in [0.25, 0.3) is 0 Å². The number of nitrogens with zero attached hydrogens (tertiary/aromatic N) is 3. The number of hydrogen-bond donors (Lipinski definition) is 1. The van der Waals surface area contributed by atoms with Crippen molar-refractivity contribution in [3.63, 3.8) is 0 Å². The number of ether oxygens (including phenoxy) is 1. The number of aromatic nitrogens is 3. The Labute approximate surface area is 176 Å². The zero-order chi connectivity index (χ0) is 20.4. The molecule has 2 heterocycles. The van der Waals surface area contributed by atoms with Gasteiger partial charge in [0.25, 0.3) is 0 Å². The first-order valence-corrected chi connectivity index (χ1v) is 11.0. The molecular weight excluding hydrogens is 408 g/mol. The minimum absolute atomic E-state index is 0.178. The van der Waals surface area contributed by atoms with Crippen LogP contribution in [0.5, 0.6) is 0 Å². The lowest BCUT2D eigenvalue weighted by Gasteiger charge is -2.06. The maximum Gasteiger partial charge on any atom is 0.340 e. The monoisotopic (exact) mass is 428 g/mol. The summed E-state index contributed by atoms with van der Waals surface area (Å²) in [5, 5.41) is 14.3. The molecule has 1 N–H and O–H groups in total. The van der Waals surface area contributed by atoms with Crippen molar-refractivity contribution in [2.45, 2.75) is 23.4 Å². The molecule has 4 rings (SSSR count). The largest absolute Gasteiger partial charge is 0.465 e. The highest BCUT2D eigenvalue weighted by Crippen LogP contribution is 2.54. The van der Waals surface area contributed by atoms with Gasteiger partial charge < -0.3 is 14.6 Å². The van der Waals surface area contributed by atoms with Crippen LogP contribution in [0.15, 0.2) is 46.9 Å². The van der Waals surface area contributed by atoms with Crippen molar-refractivity contribution in [1.82, 2.24) is 14.8 Å². The van der Waals surface area contributed by atoms with Crippen LogP contribution in [-0.4, -0.2) is 39.5 Å². The number of rotatable bonds is 7. The SMILES string of the molecule is COC(=O)c1ccsc1NC(=O)CSc1nnc(C2CC2c2ccccc2)n1C. The third-order valence-corrected chi connectivity index (χ3v) is 6.72. The zero-order valence-electron chi connectivity index (χ0n) is 16.0. The van der Waals surface area contributed by atoms with E-state index in [1.54, 1.807) is 11.4 Å². The van der Waals surface area contributed by atoms with Crippen molar-refractivity contribution < 1.29 is 14.3 Å². The standard InChI is InChI=1S/C20H20N4O3S2/c1-24-17(15-10-14(15)12-6-4-3-5-7-12)22-23-20(24)29-11-16(25)21-18-13(8-9-28-18)19(26)27-2/h3-9,14-15H,10-11H2,1-2H3,(H,21,25). The average molecular weight is 429 g/mol. The van der Waals surface area contributed by atoms with Gasteiger partial charge in [0.1, 0.15) is 10.8 Å². The molecule has 3 aromatic rings. The minimum atomic E-state index is -0.468. The molecule has 2 atom stereocenters. The molecule has 2 aromatic heterocycles.